The summed E-state index contributed by atoms with van der Waals surface area (Å²) < 4.78 is 21.2. The molecule has 6 aromatic heterocycles. The number of hydrogen-bond acceptors (Lipinski definition) is 18. The summed E-state index contributed by atoms with van der Waals surface area (Å²) in [6.45, 7) is 17.2. The Balaban J connectivity index is 0.000000174. The van der Waals surface area contributed by atoms with Gasteiger partial charge in [-0.2, -0.15) is 10.2 Å². The van der Waals surface area contributed by atoms with Crippen molar-refractivity contribution in [2.75, 3.05) is 60.5 Å². The van der Waals surface area contributed by atoms with Crippen LogP contribution in [0.3, 0.4) is 0 Å². The number of hydrogen-bond donors (Lipinski definition) is 6. The van der Waals surface area contributed by atoms with Crippen LogP contribution in [0.15, 0.2) is 225 Å². The summed E-state index contributed by atoms with van der Waals surface area (Å²) >= 11 is 0. The Bertz CT molecular complexity index is 5340. The number of ether oxygens (including phenoxy) is 3. The third kappa shape index (κ3) is 20.9. The van der Waals surface area contributed by atoms with Gasteiger partial charge in [-0.3, -0.25) is 30.2 Å². The Morgan fingerprint density at radius 3 is 1.39 bits per heavy atom. The zero-order chi connectivity index (χ0) is 77.4. The van der Waals surface area contributed by atoms with Crippen molar-refractivity contribution in [2.24, 2.45) is 0 Å². The number of carbonyl (C=O) groups excluding carboxylic acids is 4. The molecule has 0 bridgehead atoms. The van der Waals surface area contributed by atoms with Crippen molar-refractivity contribution in [1.82, 2.24) is 59.3 Å². The van der Waals surface area contributed by atoms with Gasteiger partial charge in [0, 0.05) is 103 Å². The van der Waals surface area contributed by atoms with Gasteiger partial charge in [0.05, 0.1) is 65.1 Å². The lowest BCUT2D eigenvalue weighted by Gasteiger charge is -2.15. The molecule has 0 spiro atoms. The number of aromatic nitrogens is 10. The molecule has 0 saturated carbocycles. The van der Waals surface area contributed by atoms with Gasteiger partial charge in [-0.05, 0) is 110 Å². The average molecular weight is 1460 g/mol. The van der Waals surface area contributed by atoms with Gasteiger partial charge >= 0.3 is 12.1 Å². The molecule has 13 rings (SSSR count). The second-order valence-electron chi connectivity index (χ2n) is 28.2. The molecule has 25 nitrogen and oxygen atoms in total. The lowest BCUT2D eigenvalue weighted by Crippen LogP contribution is -2.24. The highest BCUT2D eigenvalue weighted by Crippen LogP contribution is 2.35. The molecule has 0 fully saturated rings. The Hall–Kier alpha value is -13.6. The summed E-state index contributed by atoms with van der Waals surface area (Å²) in [7, 11) is 6.83. The number of nitrogens with one attached hydrogen (secondary N) is 5. The highest BCUT2D eigenvalue weighted by Gasteiger charge is 2.25. The van der Waals surface area contributed by atoms with Gasteiger partial charge in [-0.25, -0.2) is 38.9 Å². The predicted molar refractivity (Wildman–Crippen MR) is 428 cm³/mol. The number of fused-ring (bicyclic) bond motifs is 2. The van der Waals surface area contributed by atoms with E-state index < -0.39 is 6.09 Å². The fourth-order valence-electron chi connectivity index (χ4n) is 10.9. The van der Waals surface area contributed by atoms with Crippen LogP contribution < -0.4 is 46.5 Å². The van der Waals surface area contributed by atoms with Crippen molar-refractivity contribution < 1.29 is 33.4 Å². The van der Waals surface area contributed by atoms with E-state index in [2.05, 4.69) is 103 Å². The fourth-order valence-corrected chi connectivity index (χ4v) is 10.9. The quantitative estimate of drug-likeness (QED) is 0.0386. The third-order valence-corrected chi connectivity index (χ3v) is 17.0. The van der Waals surface area contributed by atoms with Crippen molar-refractivity contribution in [1.29, 1.82) is 0 Å². The van der Waals surface area contributed by atoms with Gasteiger partial charge in [0.1, 0.15) is 65.4 Å². The molecule has 0 aliphatic rings. The molecule has 13 aromatic rings. The molecule has 109 heavy (non-hydrogen) atoms. The minimum Gasteiger partial charge on any atom is -0.488 e. The van der Waals surface area contributed by atoms with Gasteiger partial charge in [-0.15, -0.1) is 0 Å². The first kappa shape index (κ1) is 76.5. The van der Waals surface area contributed by atoms with Crippen LogP contribution in [0.25, 0.3) is 32.9 Å². The second-order valence-corrected chi connectivity index (χ2v) is 28.2. The van der Waals surface area contributed by atoms with E-state index in [9.17, 15) is 19.2 Å². The number of anilines is 8. The smallest absolute Gasteiger partial charge is 0.418 e. The van der Waals surface area contributed by atoms with Crippen molar-refractivity contribution in [3.63, 3.8) is 0 Å². The number of likely N-dealkylation sites (N-methyl/N-ethyl adjacent to an activating group) is 2. The Kier molecular flexibility index (Phi) is 24.3. The molecule has 0 aliphatic carbocycles. The van der Waals surface area contributed by atoms with Gasteiger partial charge in [-0.1, -0.05) is 144 Å². The fraction of sp³-hybridized carbons (Fsp3) is 0.214. The van der Waals surface area contributed by atoms with Crippen LogP contribution in [0.2, 0.25) is 0 Å². The summed E-state index contributed by atoms with van der Waals surface area (Å²) in [5.74, 6) is 5.14. The van der Waals surface area contributed by atoms with E-state index in [1.165, 1.54) is 9.80 Å². The van der Waals surface area contributed by atoms with E-state index in [1.54, 1.807) is 86.9 Å². The average Bonchev–Trinajstić information content (AvgIpc) is 1.74. The van der Waals surface area contributed by atoms with Crippen LogP contribution in [-0.4, -0.2) is 111 Å². The van der Waals surface area contributed by atoms with Gasteiger partial charge < -0.3 is 45.7 Å². The zero-order valence-electron chi connectivity index (χ0n) is 63.0. The monoisotopic (exact) mass is 1460 g/mol. The van der Waals surface area contributed by atoms with E-state index in [0.29, 0.717) is 70.1 Å². The van der Waals surface area contributed by atoms with Crippen LogP contribution >= 0.6 is 0 Å². The van der Waals surface area contributed by atoms with Crippen LogP contribution in [0.5, 0.6) is 17.2 Å². The second kappa shape index (κ2) is 34.6. The molecule has 0 unspecified atom stereocenters. The Morgan fingerprint density at radius 1 is 0.468 bits per heavy atom. The van der Waals surface area contributed by atoms with Crippen LogP contribution in [0.4, 0.5) is 55.9 Å². The first-order chi connectivity index (χ1) is 52.2. The third-order valence-electron chi connectivity index (χ3n) is 17.0. The highest BCUT2D eigenvalue weighted by molar-refractivity contribution is 6.07. The SMILES string of the molecule is CN(C)C(=O)Cc1cncc(Nc2cc(COc3ccc(N)c4ccccc34)ccn2)n1.Cc1ccc(-n2nc(C(C)(C)C)cc2NC(=O)Nc2ccc(OCc3ccnc(Nc4cncc(CC(=O)N(C)C)n4)c3)c3ccccc23)cc1.Cc1ccc(-n2nc(C(C)(C)C)cc2NC(=O)Oc2ccccc2)cc1. The number of urea groups is 1. The number of benzene rings is 7. The van der Waals surface area contributed by atoms with Gasteiger partial charge in [0.15, 0.2) is 0 Å². The molecule has 0 radical (unpaired) electrons. The zero-order valence-corrected chi connectivity index (χ0v) is 63.0. The molecule has 0 aliphatic heterocycles. The number of aryl methyl sites for hydroxylation is 2. The normalized spacial score (nSPS) is 11.1. The molecular weight excluding hydrogens is 1370 g/mol. The van der Waals surface area contributed by atoms with Crippen molar-refractivity contribution >= 4 is 91.8 Å². The maximum absolute atomic E-state index is 13.4. The summed E-state index contributed by atoms with van der Waals surface area (Å²) in [5.41, 5.74) is 15.8. The predicted octanol–water partition coefficient (Wildman–Crippen LogP) is 16.1. The minimum absolute atomic E-state index is 0.0380. The number of rotatable bonds is 20. The molecule has 7 aromatic carbocycles. The largest absolute Gasteiger partial charge is 0.488 e. The molecule has 6 heterocycles. The molecule has 0 atom stereocenters. The molecule has 556 valence electrons. The molecule has 5 amide bonds. The Morgan fingerprint density at radius 2 is 0.908 bits per heavy atom. The first-order valence-corrected chi connectivity index (χ1v) is 35.2. The van der Waals surface area contributed by atoms with E-state index in [4.69, 9.17) is 25.0 Å². The number of amides is 5. The Labute approximate surface area is 633 Å². The van der Waals surface area contributed by atoms with Crippen LogP contribution in [0, 0.1) is 13.8 Å². The molecule has 25 heteroatoms. The number of pyridine rings is 2. The summed E-state index contributed by atoms with van der Waals surface area (Å²) in [4.78, 5) is 78.9. The summed E-state index contributed by atoms with van der Waals surface area (Å²) in [6, 6.07) is 58.9. The van der Waals surface area contributed by atoms with Crippen LogP contribution in [0.1, 0.15) is 86.6 Å². The maximum atomic E-state index is 13.4. The number of nitrogen functional groups attached to an aromatic ring is 1. The van der Waals surface area contributed by atoms with Crippen molar-refractivity contribution in [3.05, 3.63) is 270 Å². The van der Waals surface area contributed by atoms with Crippen molar-refractivity contribution in [2.45, 2.75) is 92.3 Å². The van der Waals surface area contributed by atoms with E-state index >= 15 is 0 Å². The number of para-hydroxylation sites is 1. The van der Waals surface area contributed by atoms with E-state index in [0.717, 1.165) is 78.0 Å². The van der Waals surface area contributed by atoms with Crippen molar-refractivity contribution in [3.8, 4) is 28.6 Å². The van der Waals surface area contributed by atoms with Crippen LogP contribution in [-0.2, 0) is 46.5 Å². The summed E-state index contributed by atoms with van der Waals surface area (Å²) in [5, 5.41) is 28.3. The van der Waals surface area contributed by atoms with E-state index in [1.807, 2.05) is 190 Å². The standard InChI is InChI=1S/C39H41N9O3.C24H24N6O2.C21H23N3O2/c1-25-11-13-28(14-12-25)48-36(21-33(46-48)39(2,3)4)45-38(50)43-31-15-16-32(30-10-8-7-9-29(30)31)51-24-26-17-18-41-34(19-26)44-35-23-40-22-27(42-35)20-37(49)47(5)6;1-30(2)24(31)12-17-13-26-14-23(28-17)29-22-11-16(9-10-27-22)15-32-21-8-7-20(25)18-5-3-4-6-19(18)21;1-15-10-12-16(13-11-15)24-19(14-18(23-24)21(2,3)4)22-20(25)26-17-8-6-5-7-9-17/h7-19,21-23H,20,24H2,1-6H3,(H,41,42,44)(H2,43,45,50);3-11,13-14H,12,15,25H2,1-2H3,(H,27,28,29);5-14H,1-4H3,(H,22,25). The lowest BCUT2D eigenvalue weighted by atomic mass is 9.92. The molecule has 7 N–H and O–H groups in total. The number of nitrogens with two attached hydrogens (primary N) is 1. The molecular formula is C84H88N18O7. The summed E-state index contributed by atoms with van der Waals surface area (Å²) in [6.07, 6.45) is 9.52. The number of carbonyl (C=O) groups is 4. The topological polar surface area (TPSA) is 302 Å². The van der Waals surface area contributed by atoms with Gasteiger partial charge in [0.25, 0.3) is 0 Å². The molecule has 0 saturated heterocycles. The maximum Gasteiger partial charge on any atom is 0.418 e. The first-order valence-electron chi connectivity index (χ1n) is 35.2. The number of nitrogens with zero attached hydrogens (tertiary/aromatic N) is 12. The van der Waals surface area contributed by atoms with E-state index in [-0.39, 0.29) is 48.1 Å². The minimum atomic E-state index is -0.551. The highest BCUT2D eigenvalue weighted by atomic mass is 16.6. The lowest BCUT2D eigenvalue weighted by molar-refractivity contribution is -0.128. The van der Waals surface area contributed by atoms with Gasteiger partial charge in [0.2, 0.25) is 11.8 Å².